The number of primary amides is 1. The highest BCUT2D eigenvalue weighted by Gasteiger charge is 2.49. The third kappa shape index (κ3) is 3.42. The van der Waals surface area contributed by atoms with E-state index < -0.39 is 0 Å². The van der Waals surface area contributed by atoms with Crippen LogP contribution in [0.15, 0.2) is 0 Å². The van der Waals surface area contributed by atoms with E-state index in [1.807, 2.05) is 0 Å². The maximum Gasteiger partial charge on any atom is 0.234 e. The molecule has 0 heterocycles. The van der Waals surface area contributed by atoms with Gasteiger partial charge >= 0.3 is 0 Å². The topological polar surface area (TPSA) is 64.3 Å². The van der Waals surface area contributed by atoms with Crippen LogP contribution in [0.3, 0.4) is 0 Å². The lowest BCUT2D eigenvalue weighted by Crippen LogP contribution is -2.63. The minimum atomic E-state index is -0.299. The third-order valence-electron chi connectivity index (χ3n) is 3.69. The molecule has 1 saturated carbocycles. The van der Waals surface area contributed by atoms with E-state index in [4.69, 9.17) is 10.5 Å². The van der Waals surface area contributed by atoms with Crippen molar-refractivity contribution in [1.82, 2.24) is 5.32 Å². The normalized spacial score (nSPS) is 28.8. The second-order valence-electron chi connectivity index (χ2n) is 6.12. The van der Waals surface area contributed by atoms with Crippen LogP contribution in [0.4, 0.5) is 0 Å². The van der Waals surface area contributed by atoms with E-state index in [1.165, 1.54) is 0 Å². The van der Waals surface area contributed by atoms with Crippen molar-refractivity contribution in [2.45, 2.75) is 59.2 Å². The van der Waals surface area contributed by atoms with Crippen molar-refractivity contribution in [1.29, 1.82) is 0 Å². The Morgan fingerprint density at radius 2 is 2.06 bits per heavy atom. The molecule has 17 heavy (non-hydrogen) atoms. The van der Waals surface area contributed by atoms with E-state index >= 15 is 0 Å². The number of nitrogens with one attached hydrogen (secondary N) is 1. The molecule has 3 N–H and O–H groups in total. The van der Waals surface area contributed by atoms with E-state index in [0.717, 1.165) is 13.0 Å². The molecule has 0 saturated heterocycles. The molecule has 3 unspecified atom stereocenters. The van der Waals surface area contributed by atoms with Crippen LogP contribution >= 0.6 is 0 Å². The Kier molecular flexibility index (Phi) is 4.55. The van der Waals surface area contributed by atoms with E-state index in [-0.39, 0.29) is 23.5 Å². The molecule has 0 aliphatic heterocycles. The van der Waals surface area contributed by atoms with Crippen molar-refractivity contribution in [3.8, 4) is 0 Å². The number of hydrogen-bond acceptors (Lipinski definition) is 3. The van der Waals surface area contributed by atoms with Gasteiger partial charge in [0.15, 0.2) is 0 Å². The van der Waals surface area contributed by atoms with Crippen LogP contribution < -0.4 is 11.1 Å². The summed E-state index contributed by atoms with van der Waals surface area (Å²) in [6.07, 6.45) is 1.24. The van der Waals surface area contributed by atoms with Crippen molar-refractivity contribution in [2.24, 2.45) is 17.1 Å². The van der Waals surface area contributed by atoms with Gasteiger partial charge in [-0.3, -0.25) is 4.79 Å². The number of amides is 1. The zero-order valence-electron chi connectivity index (χ0n) is 11.6. The summed E-state index contributed by atoms with van der Waals surface area (Å²) < 4.78 is 5.87. The summed E-state index contributed by atoms with van der Waals surface area (Å²) in [5.41, 5.74) is 5.32. The quantitative estimate of drug-likeness (QED) is 0.737. The Morgan fingerprint density at radius 1 is 1.47 bits per heavy atom. The van der Waals surface area contributed by atoms with Crippen molar-refractivity contribution < 1.29 is 9.53 Å². The standard InChI is InChI=1S/C13H26N2O2/c1-8(2)7-17-11-6-10(13(11,4)5)15-9(3)12(14)16/h8-11,15H,6-7H2,1-5H3,(H2,14,16). The first kappa shape index (κ1) is 14.5. The van der Waals surface area contributed by atoms with Crippen LogP contribution in [0.1, 0.15) is 41.0 Å². The van der Waals surface area contributed by atoms with Gasteiger partial charge in [0.05, 0.1) is 12.1 Å². The van der Waals surface area contributed by atoms with Gasteiger partial charge < -0.3 is 15.8 Å². The van der Waals surface area contributed by atoms with Gasteiger partial charge in [0.2, 0.25) is 5.91 Å². The molecule has 1 aliphatic carbocycles. The number of nitrogens with two attached hydrogens (primary N) is 1. The van der Waals surface area contributed by atoms with E-state index in [2.05, 4.69) is 33.0 Å². The Bertz CT molecular complexity index is 277. The van der Waals surface area contributed by atoms with Crippen LogP contribution in [0.5, 0.6) is 0 Å². The monoisotopic (exact) mass is 242 g/mol. The number of hydrogen-bond donors (Lipinski definition) is 2. The predicted octanol–water partition coefficient (Wildman–Crippen LogP) is 1.29. The van der Waals surface area contributed by atoms with Crippen LogP contribution in [-0.4, -0.2) is 30.7 Å². The highest BCUT2D eigenvalue weighted by molar-refractivity contribution is 5.79. The van der Waals surface area contributed by atoms with E-state index in [0.29, 0.717) is 12.0 Å². The molecule has 1 fully saturated rings. The second-order valence-corrected chi connectivity index (χ2v) is 6.12. The van der Waals surface area contributed by atoms with Gasteiger partial charge in [-0.25, -0.2) is 0 Å². The first-order valence-corrected chi connectivity index (χ1v) is 6.42. The SMILES string of the molecule is CC(C)COC1CC(NC(C)C(N)=O)C1(C)C. The average Bonchev–Trinajstić information content (AvgIpc) is 2.21. The van der Waals surface area contributed by atoms with Crippen LogP contribution in [0.2, 0.25) is 0 Å². The van der Waals surface area contributed by atoms with Crippen molar-refractivity contribution in [2.75, 3.05) is 6.61 Å². The summed E-state index contributed by atoms with van der Waals surface area (Å²) in [5.74, 6) is 0.259. The molecule has 1 amide bonds. The molecule has 0 spiro atoms. The number of carbonyl (C=O) groups is 1. The number of carbonyl (C=O) groups excluding carboxylic acids is 1. The Morgan fingerprint density at radius 3 is 2.47 bits per heavy atom. The summed E-state index contributed by atoms with van der Waals surface area (Å²) in [6, 6.07) is 0.0347. The number of ether oxygens (including phenoxy) is 1. The second kappa shape index (κ2) is 5.36. The van der Waals surface area contributed by atoms with E-state index in [9.17, 15) is 4.79 Å². The molecule has 4 heteroatoms. The molecular formula is C13H26N2O2. The lowest BCUT2D eigenvalue weighted by molar-refractivity contribution is -0.132. The molecule has 0 aromatic rings. The predicted molar refractivity (Wildman–Crippen MR) is 68.6 cm³/mol. The van der Waals surface area contributed by atoms with Gasteiger partial charge in [0.1, 0.15) is 0 Å². The molecule has 3 atom stereocenters. The zero-order chi connectivity index (χ0) is 13.2. The van der Waals surface area contributed by atoms with Crippen LogP contribution in [-0.2, 0) is 9.53 Å². The van der Waals surface area contributed by atoms with Gasteiger partial charge in [-0.15, -0.1) is 0 Å². The van der Waals surface area contributed by atoms with Crippen molar-refractivity contribution in [3.63, 3.8) is 0 Å². The number of rotatable bonds is 6. The minimum Gasteiger partial charge on any atom is -0.377 e. The summed E-state index contributed by atoms with van der Waals surface area (Å²) in [7, 11) is 0. The largest absolute Gasteiger partial charge is 0.377 e. The van der Waals surface area contributed by atoms with Gasteiger partial charge in [0.25, 0.3) is 0 Å². The molecule has 0 aromatic carbocycles. The smallest absolute Gasteiger partial charge is 0.234 e. The fraction of sp³-hybridized carbons (Fsp3) is 0.923. The fourth-order valence-electron chi connectivity index (χ4n) is 2.14. The van der Waals surface area contributed by atoms with Gasteiger partial charge in [-0.1, -0.05) is 27.7 Å². The van der Waals surface area contributed by atoms with Crippen LogP contribution in [0, 0.1) is 11.3 Å². The van der Waals surface area contributed by atoms with Crippen LogP contribution in [0.25, 0.3) is 0 Å². The third-order valence-corrected chi connectivity index (χ3v) is 3.69. The molecule has 0 radical (unpaired) electrons. The first-order valence-electron chi connectivity index (χ1n) is 6.42. The molecule has 4 nitrogen and oxygen atoms in total. The summed E-state index contributed by atoms with van der Waals surface area (Å²) in [6.45, 7) is 11.2. The summed E-state index contributed by atoms with van der Waals surface area (Å²) >= 11 is 0. The molecule has 1 aliphatic rings. The molecule has 100 valence electrons. The van der Waals surface area contributed by atoms with Gasteiger partial charge in [-0.05, 0) is 19.3 Å². The highest BCUT2D eigenvalue weighted by atomic mass is 16.5. The van der Waals surface area contributed by atoms with Gasteiger partial charge in [0, 0.05) is 18.1 Å². The fourth-order valence-corrected chi connectivity index (χ4v) is 2.14. The Balaban J connectivity index is 2.41. The molecule has 0 aromatic heterocycles. The molecule has 0 bridgehead atoms. The van der Waals surface area contributed by atoms with Crippen molar-refractivity contribution in [3.05, 3.63) is 0 Å². The highest BCUT2D eigenvalue weighted by Crippen LogP contribution is 2.43. The average molecular weight is 242 g/mol. The maximum absolute atomic E-state index is 11.0. The zero-order valence-corrected chi connectivity index (χ0v) is 11.6. The maximum atomic E-state index is 11.0. The molecule has 1 rings (SSSR count). The van der Waals surface area contributed by atoms with Crippen molar-refractivity contribution >= 4 is 5.91 Å². The van der Waals surface area contributed by atoms with Gasteiger partial charge in [-0.2, -0.15) is 0 Å². The summed E-state index contributed by atoms with van der Waals surface area (Å²) in [4.78, 5) is 11.0. The summed E-state index contributed by atoms with van der Waals surface area (Å²) in [5, 5.41) is 3.27. The Hall–Kier alpha value is -0.610. The minimum absolute atomic E-state index is 0.0681. The lowest BCUT2D eigenvalue weighted by atomic mass is 9.64. The lowest BCUT2D eigenvalue weighted by Gasteiger charge is -2.52. The molecular weight excluding hydrogens is 216 g/mol. The Labute approximate surface area is 104 Å². The first-order chi connectivity index (χ1) is 7.75. The van der Waals surface area contributed by atoms with E-state index in [1.54, 1.807) is 6.92 Å².